The van der Waals surface area contributed by atoms with Crippen molar-refractivity contribution in [1.29, 1.82) is 0 Å². The Balaban J connectivity index is 1.71. The summed E-state index contributed by atoms with van der Waals surface area (Å²) in [5.41, 5.74) is 1.42. The van der Waals surface area contributed by atoms with Gasteiger partial charge in [0.25, 0.3) is 5.91 Å². The molecule has 1 N–H and O–H groups in total. The molecule has 0 bridgehead atoms. The van der Waals surface area contributed by atoms with Gasteiger partial charge in [0.2, 0.25) is 0 Å². The lowest BCUT2D eigenvalue weighted by Crippen LogP contribution is -2.43. The van der Waals surface area contributed by atoms with Gasteiger partial charge in [0.1, 0.15) is 27.9 Å². The predicted octanol–water partition coefficient (Wildman–Crippen LogP) is 3.52. The zero-order valence-electron chi connectivity index (χ0n) is 17.2. The molecule has 0 aliphatic carbocycles. The molecule has 2 aromatic rings. The Kier molecular flexibility index (Phi) is 6.78. The molecule has 0 radical (unpaired) electrons. The van der Waals surface area contributed by atoms with E-state index < -0.39 is 0 Å². The summed E-state index contributed by atoms with van der Waals surface area (Å²) in [6, 6.07) is 1.77. The molecule has 2 aromatic heterocycles. The molecule has 0 spiro atoms. The second-order valence-electron chi connectivity index (χ2n) is 8.11. The van der Waals surface area contributed by atoms with Gasteiger partial charge in [-0.05, 0) is 51.1 Å². The molecule has 3 heterocycles. The van der Waals surface area contributed by atoms with E-state index in [2.05, 4.69) is 29.4 Å². The third-order valence-corrected chi connectivity index (χ3v) is 5.63. The van der Waals surface area contributed by atoms with Gasteiger partial charge in [0.15, 0.2) is 0 Å². The minimum atomic E-state index is -0.0827. The Bertz CT molecular complexity index is 814. The molecule has 0 saturated carbocycles. The fraction of sp³-hybridized carbons (Fsp3) is 0.650. The second kappa shape index (κ2) is 9.09. The Labute approximate surface area is 171 Å². The summed E-state index contributed by atoms with van der Waals surface area (Å²) in [6.45, 7) is 9.70. The van der Waals surface area contributed by atoms with Crippen LogP contribution < -0.4 is 5.32 Å². The Morgan fingerprint density at radius 3 is 2.93 bits per heavy atom. The lowest BCUT2D eigenvalue weighted by Gasteiger charge is -2.33. The molecule has 1 fully saturated rings. The average molecular weight is 408 g/mol. The molecule has 0 aromatic carbocycles. The van der Waals surface area contributed by atoms with Gasteiger partial charge in [-0.1, -0.05) is 30.6 Å². The highest BCUT2D eigenvalue weighted by atomic mass is 35.5. The van der Waals surface area contributed by atoms with Crippen LogP contribution in [-0.2, 0) is 7.05 Å². The number of aromatic nitrogens is 3. The minimum absolute atomic E-state index is 0.0827. The monoisotopic (exact) mass is 407 g/mol. The molecule has 1 aliphatic heterocycles. The van der Waals surface area contributed by atoms with E-state index in [0.717, 1.165) is 39.0 Å². The highest BCUT2D eigenvalue weighted by Crippen LogP contribution is 2.30. The van der Waals surface area contributed by atoms with Crippen LogP contribution in [0.4, 0.5) is 0 Å². The van der Waals surface area contributed by atoms with Crippen molar-refractivity contribution in [3.8, 4) is 11.4 Å². The molecule has 7 nitrogen and oxygen atoms in total. The summed E-state index contributed by atoms with van der Waals surface area (Å²) in [6.07, 6.45) is 3.30. The van der Waals surface area contributed by atoms with Crippen LogP contribution in [0.25, 0.3) is 11.4 Å². The van der Waals surface area contributed by atoms with E-state index in [4.69, 9.17) is 16.1 Å². The standard InChI is InChI=1S/C20H30ClN5O2/c1-13(2)7-8-22-11-15-6-5-9-26(12-15)20(27)17-18(23-25(4)19(17)21)16-10-14(3)28-24-16/h10,13,15,22H,5-9,11-12H2,1-4H3/t15-/m0/s1. The molecule has 0 unspecified atom stereocenters. The van der Waals surface area contributed by atoms with Crippen molar-refractivity contribution in [2.75, 3.05) is 26.2 Å². The van der Waals surface area contributed by atoms with Crippen molar-refractivity contribution in [1.82, 2.24) is 25.2 Å². The molecule has 1 amide bonds. The van der Waals surface area contributed by atoms with Gasteiger partial charge in [-0.15, -0.1) is 0 Å². The second-order valence-corrected chi connectivity index (χ2v) is 8.46. The van der Waals surface area contributed by atoms with Gasteiger partial charge in [-0.2, -0.15) is 5.10 Å². The number of aryl methyl sites for hydroxylation is 2. The van der Waals surface area contributed by atoms with E-state index >= 15 is 0 Å². The smallest absolute Gasteiger partial charge is 0.259 e. The van der Waals surface area contributed by atoms with Crippen LogP contribution in [0.15, 0.2) is 10.6 Å². The van der Waals surface area contributed by atoms with Crippen LogP contribution in [0.1, 0.15) is 49.2 Å². The molecule has 28 heavy (non-hydrogen) atoms. The highest BCUT2D eigenvalue weighted by Gasteiger charge is 2.31. The number of halogens is 1. The Morgan fingerprint density at radius 2 is 2.25 bits per heavy atom. The topological polar surface area (TPSA) is 76.2 Å². The quantitative estimate of drug-likeness (QED) is 0.710. The largest absolute Gasteiger partial charge is 0.361 e. The number of likely N-dealkylation sites (tertiary alicyclic amines) is 1. The maximum atomic E-state index is 13.3. The van der Waals surface area contributed by atoms with Gasteiger partial charge in [-0.3, -0.25) is 9.48 Å². The van der Waals surface area contributed by atoms with Crippen LogP contribution in [-0.4, -0.2) is 51.9 Å². The zero-order valence-corrected chi connectivity index (χ0v) is 17.9. The number of carbonyl (C=O) groups excluding carboxylic acids is 1. The first-order chi connectivity index (χ1) is 13.4. The first kappa shape index (κ1) is 20.9. The predicted molar refractivity (Wildman–Crippen MR) is 109 cm³/mol. The highest BCUT2D eigenvalue weighted by molar-refractivity contribution is 6.33. The lowest BCUT2D eigenvalue weighted by molar-refractivity contribution is 0.0674. The molecular formula is C20H30ClN5O2. The number of hydrogen-bond donors (Lipinski definition) is 1. The zero-order chi connectivity index (χ0) is 20.3. The fourth-order valence-electron chi connectivity index (χ4n) is 3.62. The number of nitrogens with one attached hydrogen (secondary N) is 1. The van der Waals surface area contributed by atoms with Crippen LogP contribution in [0.3, 0.4) is 0 Å². The van der Waals surface area contributed by atoms with E-state index in [1.165, 1.54) is 11.1 Å². The molecule has 8 heteroatoms. The number of amides is 1. The van der Waals surface area contributed by atoms with E-state index in [1.807, 2.05) is 11.8 Å². The summed E-state index contributed by atoms with van der Waals surface area (Å²) < 4.78 is 6.68. The number of piperidine rings is 1. The third-order valence-electron chi connectivity index (χ3n) is 5.20. The molecule has 3 rings (SSSR count). The van der Waals surface area contributed by atoms with Gasteiger partial charge in [0, 0.05) is 26.2 Å². The first-order valence-corrected chi connectivity index (χ1v) is 10.4. The summed E-state index contributed by atoms with van der Waals surface area (Å²) in [4.78, 5) is 15.2. The van der Waals surface area contributed by atoms with Crippen molar-refractivity contribution in [2.45, 2.75) is 40.0 Å². The van der Waals surface area contributed by atoms with Crippen LogP contribution in [0.5, 0.6) is 0 Å². The number of nitrogens with zero attached hydrogens (tertiary/aromatic N) is 4. The molecule has 154 valence electrons. The molecule has 1 saturated heterocycles. The first-order valence-electron chi connectivity index (χ1n) is 10.0. The lowest BCUT2D eigenvalue weighted by atomic mass is 9.97. The maximum absolute atomic E-state index is 13.3. The van der Waals surface area contributed by atoms with Crippen molar-refractivity contribution < 1.29 is 9.32 Å². The van der Waals surface area contributed by atoms with E-state index in [0.29, 0.717) is 39.7 Å². The average Bonchev–Trinajstić information content (AvgIpc) is 3.22. The van der Waals surface area contributed by atoms with Crippen molar-refractivity contribution in [3.63, 3.8) is 0 Å². The number of hydrogen-bond acceptors (Lipinski definition) is 5. The summed E-state index contributed by atoms with van der Waals surface area (Å²) >= 11 is 6.44. The van der Waals surface area contributed by atoms with E-state index in [9.17, 15) is 4.79 Å². The number of carbonyl (C=O) groups is 1. The minimum Gasteiger partial charge on any atom is -0.361 e. The maximum Gasteiger partial charge on any atom is 0.259 e. The number of rotatable bonds is 7. The SMILES string of the molecule is Cc1cc(-c2nn(C)c(Cl)c2C(=O)N2CCC[C@@H](CNCCC(C)C)C2)no1. The van der Waals surface area contributed by atoms with Crippen molar-refractivity contribution in [2.24, 2.45) is 18.9 Å². The molecular weight excluding hydrogens is 378 g/mol. The summed E-state index contributed by atoms with van der Waals surface area (Å²) in [5, 5.41) is 12.3. The van der Waals surface area contributed by atoms with Crippen molar-refractivity contribution >= 4 is 17.5 Å². The van der Waals surface area contributed by atoms with Crippen LogP contribution in [0, 0.1) is 18.8 Å². The van der Waals surface area contributed by atoms with Crippen LogP contribution in [0.2, 0.25) is 5.15 Å². The van der Waals surface area contributed by atoms with Gasteiger partial charge < -0.3 is 14.7 Å². The van der Waals surface area contributed by atoms with E-state index in [-0.39, 0.29) is 5.91 Å². The molecule has 1 atom stereocenters. The summed E-state index contributed by atoms with van der Waals surface area (Å²) in [7, 11) is 1.73. The summed E-state index contributed by atoms with van der Waals surface area (Å²) in [5.74, 6) is 1.74. The van der Waals surface area contributed by atoms with E-state index in [1.54, 1.807) is 13.1 Å². The Hall–Kier alpha value is -1.86. The fourth-order valence-corrected chi connectivity index (χ4v) is 3.83. The van der Waals surface area contributed by atoms with Gasteiger partial charge in [-0.25, -0.2) is 0 Å². The van der Waals surface area contributed by atoms with Gasteiger partial charge in [0.05, 0.1) is 0 Å². The van der Waals surface area contributed by atoms with Crippen LogP contribution >= 0.6 is 11.6 Å². The van der Waals surface area contributed by atoms with Gasteiger partial charge >= 0.3 is 0 Å². The molecule has 1 aliphatic rings. The normalized spacial score (nSPS) is 17.5. The Morgan fingerprint density at radius 1 is 1.46 bits per heavy atom. The third kappa shape index (κ3) is 4.75. The van der Waals surface area contributed by atoms with Crippen molar-refractivity contribution in [3.05, 3.63) is 22.5 Å².